The molecular weight excluding hydrogens is 264 g/mol. The number of aryl methyl sites for hydroxylation is 1. The van der Waals surface area contributed by atoms with Gasteiger partial charge in [0.25, 0.3) is 0 Å². The van der Waals surface area contributed by atoms with Crippen LogP contribution in [-0.2, 0) is 4.74 Å². The van der Waals surface area contributed by atoms with Crippen molar-refractivity contribution < 1.29 is 4.74 Å². The number of hydrogen-bond acceptors (Lipinski definition) is 4. The lowest BCUT2D eigenvalue weighted by Gasteiger charge is -2.30. The molecule has 1 aromatic rings. The smallest absolute Gasteiger partial charge is 0.203 e. The molecule has 5 heteroatoms. The van der Waals surface area contributed by atoms with Crippen molar-refractivity contribution in [2.24, 2.45) is 0 Å². The number of hydrogen-bond donors (Lipinski definition) is 1. The van der Waals surface area contributed by atoms with E-state index >= 15 is 0 Å². The van der Waals surface area contributed by atoms with Crippen molar-refractivity contribution in [1.29, 1.82) is 0 Å². The SMILES string of the molecule is COCC(C)n1cc(C)nc1NCCN(C(C)C)C(C)C. The molecule has 1 unspecified atom stereocenters. The van der Waals surface area contributed by atoms with Gasteiger partial charge in [-0.25, -0.2) is 4.98 Å². The van der Waals surface area contributed by atoms with Gasteiger partial charge in [-0.05, 0) is 41.5 Å². The molecule has 1 rings (SSSR count). The summed E-state index contributed by atoms with van der Waals surface area (Å²) in [6.45, 7) is 15.7. The van der Waals surface area contributed by atoms with E-state index in [1.54, 1.807) is 7.11 Å². The summed E-state index contributed by atoms with van der Waals surface area (Å²) >= 11 is 0. The summed E-state index contributed by atoms with van der Waals surface area (Å²) in [4.78, 5) is 7.06. The Morgan fingerprint density at radius 3 is 2.38 bits per heavy atom. The topological polar surface area (TPSA) is 42.3 Å². The Labute approximate surface area is 129 Å². The normalized spacial score (nSPS) is 13.4. The van der Waals surface area contributed by atoms with Gasteiger partial charge >= 0.3 is 0 Å². The zero-order valence-corrected chi connectivity index (χ0v) is 14.7. The molecule has 0 aliphatic carbocycles. The fourth-order valence-electron chi connectivity index (χ4n) is 2.71. The highest BCUT2D eigenvalue weighted by atomic mass is 16.5. The van der Waals surface area contributed by atoms with E-state index in [0.717, 1.165) is 24.7 Å². The van der Waals surface area contributed by atoms with Gasteiger partial charge in [0.15, 0.2) is 0 Å². The van der Waals surface area contributed by atoms with Crippen molar-refractivity contribution in [3.63, 3.8) is 0 Å². The predicted molar refractivity (Wildman–Crippen MR) is 89.0 cm³/mol. The van der Waals surface area contributed by atoms with Crippen LogP contribution in [0.2, 0.25) is 0 Å². The Bertz CT molecular complexity index is 406. The van der Waals surface area contributed by atoms with Crippen LogP contribution < -0.4 is 5.32 Å². The molecule has 0 aromatic carbocycles. The number of nitrogens with zero attached hydrogens (tertiary/aromatic N) is 3. The van der Waals surface area contributed by atoms with Gasteiger partial charge in [-0.3, -0.25) is 4.90 Å². The molecule has 0 aliphatic rings. The quantitative estimate of drug-likeness (QED) is 0.761. The van der Waals surface area contributed by atoms with Crippen LogP contribution in [0.1, 0.15) is 46.4 Å². The van der Waals surface area contributed by atoms with Crippen molar-refractivity contribution in [3.05, 3.63) is 11.9 Å². The zero-order chi connectivity index (χ0) is 16.0. The average molecular weight is 296 g/mol. The van der Waals surface area contributed by atoms with Crippen molar-refractivity contribution in [1.82, 2.24) is 14.5 Å². The van der Waals surface area contributed by atoms with Gasteiger partial charge in [0, 0.05) is 38.5 Å². The minimum absolute atomic E-state index is 0.282. The van der Waals surface area contributed by atoms with Gasteiger partial charge in [-0.2, -0.15) is 0 Å². The first-order valence-corrected chi connectivity index (χ1v) is 7.90. The second-order valence-corrected chi connectivity index (χ2v) is 6.27. The van der Waals surface area contributed by atoms with Crippen LogP contribution >= 0.6 is 0 Å². The minimum atomic E-state index is 0.282. The van der Waals surface area contributed by atoms with Crippen molar-refractivity contribution in [2.75, 3.05) is 32.1 Å². The fourth-order valence-corrected chi connectivity index (χ4v) is 2.71. The maximum Gasteiger partial charge on any atom is 0.203 e. The summed E-state index contributed by atoms with van der Waals surface area (Å²) in [5.41, 5.74) is 1.03. The number of rotatable bonds is 9. The number of imidazole rings is 1. The fraction of sp³-hybridized carbons (Fsp3) is 0.812. The van der Waals surface area contributed by atoms with Crippen LogP contribution in [0, 0.1) is 6.92 Å². The second-order valence-electron chi connectivity index (χ2n) is 6.27. The van der Waals surface area contributed by atoms with E-state index in [4.69, 9.17) is 4.74 Å². The molecule has 0 saturated heterocycles. The van der Waals surface area contributed by atoms with Gasteiger partial charge in [0.2, 0.25) is 5.95 Å². The molecule has 0 amide bonds. The monoisotopic (exact) mass is 296 g/mol. The Morgan fingerprint density at radius 1 is 1.24 bits per heavy atom. The Kier molecular flexibility index (Phi) is 7.18. The molecule has 0 saturated carbocycles. The standard InChI is InChI=1S/C16H32N4O/c1-12(2)19(13(3)4)9-8-17-16-18-14(5)10-20(16)15(6)11-21-7/h10,12-13,15H,8-9,11H2,1-7H3,(H,17,18). The van der Waals surface area contributed by atoms with E-state index in [-0.39, 0.29) is 6.04 Å². The molecule has 0 radical (unpaired) electrons. The van der Waals surface area contributed by atoms with E-state index in [1.807, 2.05) is 6.92 Å². The van der Waals surface area contributed by atoms with Crippen LogP contribution in [0.5, 0.6) is 0 Å². The maximum absolute atomic E-state index is 5.24. The van der Waals surface area contributed by atoms with Gasteiger partial charge in [-0.1, -0.05) is 0 Å². The van der Waals surface area contributed by atoms with Crippen molar-refractivity contribution in [3.8, 4) is 0 Å². The summed E-state index contributed by atoms with van der Waals surface area (Å²) in [7, 11) is 1.73. The van der Waals surface area contributed by atoms with Gasteiger partial charge < -0.3 is 14.6 Å². The van der Waals surface area contributed by atoms with Crippen LogP contribution in [0.3, 0.4) is 0 Å². The first-order chi connectivity index (χ1) is 9.86. The Morgan fingerprint density at radius 2 is 1.86 bits per heavy atom. The lowest BCUT2D eigenvalue weighted by atomic mass is 10.2. The third-order valence-corrected chi connectivity index (χ3v) is 3.72. The molecule has 0 bridgehead atoms. The summed E-state index contributed by atoms with van der Waals surface area (Å²) in [6.07, 6.45) is 2.08. The molecule has 1 heterocycles. The predicted octanol–water partition coefficient (Wildman–Crippen LogP) is 2.93. The second kappa shape index (κ2) is 8.39. The van der Waals surface area contributed by atoms with Crippen LogP contribution in [-0.4, -0.2) is 53.3 Å². The summed E-state index contributed by atoms with van der Waals surface area (Å²) in [5, 5.41) is 3.47. The van der Waals surface area contributed by atoms with Crippen LogP contribution in [0.4, 0.5) is 5.95 Å². The lowest BCUT2D eigenvalue weighted by molar-refractivity contribution is 0.162. The molecule has 122 valence electrons. The van der Waals surface area contributed by atoms with E-state index in [2.05, 4.69) is 60.6 Å². The minimum Gasteiger partial charge on any atom is -0.383 e. The highest BCUT2D eigenvalue weighted by Gasteiger charge is 2.14. The van der Waals surface area contributed by atoms with Crippen molar-refractivity contribution >= 4 is 5.95 Å². The van der Waals surface area contributed by atoms with E-state index in [1.165, 1.54) is 0 Å². The molecule has 0 spiro atoms. The summed E-state index contributed by atoms with van der Waals surface area (Å²) in [6, 6.07) is 1.39. The molecule has 1 aromatic heterocycles. The average Bonchev–Trinajstić information content (AvgIpc) is 2.75. The molecule has 5 nitrogen and oxygen atoms in total. The van der Waals surface area contributed by atoms with E-state index in [0.29, 0.717) is 18.7 Å². The molecule has 1 atom stereocenters. The number of aromatic nitrogens is 2. The third-order valence-electron chi connectivity index (χ3n) is 3.72. The van der Waals surface area contributed by atoms with Gasteiger partial charge in [0.05, 0.1) is 18.3 Å². The molecule has 1 N–H and O–H groups in total. The van der Waals surface area contributed by atoms with E-state index < -0.39 is 0 Å². The van der Waals surface area contributed by atoms with Crippen LogP contribution in [0.25, 0.3) is 0 Å². The molecule has 0 aliphatic heterocycles. The van der Waals surface area contributed by atoms with Crippen LogP contribution in [0.15, 0.2) is 6.20 Å². The number of ether oxygens (including phenoxy) is 1. The molecule has 0 fully saturated rings. The summed E-state index contributed by atoms with van der Waals surface area (Å²) in [5.74, 6) is 0.935. The number of methoxy groups -OCH3 is 1. The van der Waals surface area contributed by atoms with E-state index in [9.17, 15) is 0 Å². The van der Waals surface area contributed by atoms with Crippen molar-refractivity contribution in [2.45, 2.75) is 59.7 Å². The molecular formula is C16H32N4O. The first kappa shape index (κ1) is 18.0. The van der Waals surface area contributed by atoms with Gasteiger partial charge in [-0.15, -0.1) is 0 Å². The third kappa shape index (κ3) is 5.32. The number of nitrogens with one attached hydrogen (secondary N) is 1. The largest absolute Gasteiger partial charge is 0.383 e. The lowest BCUT2D eigenvalue weighted by Crippen LogP contribution is -2.40. The zero-order valence-electron chi connectivity index (χ0n) is 14.7. The highest BCUT2D eigenvalue weighted by molar-refractivity contribution is 5.29. The Balaban J connectivity index is 2.63. The first-order valence-electron chi connectivity index (χ1n) is 7.90. The highest BCUT2D eigenvalue weighted by Crippen LogP contribution is 2.16. The maximum atomic E-state index is 5.24. The number of anilines is 1. The molecule has 21 heavy (non-hydrogen) atoms. The van der Waals surface area contributed by atoms with Gasteiger partial charge in [0.1, 0.15) is 0 Å². The Hall–Kier alpha value is -1.07. The summed E-state index contributed by atoms with van der Waals surface area (Å²) < 4.78 is 7.40.